The summed E-state index contributed by atoms with van der Waals surface area (Å²) in [4.78, 5) is 12.3. The monoisotopic (exact) mass is 285 g/mol. The Labute approximate surface area is 113 Å². The van der Waals surface area contributed by atoms with E-state index >= 15 is 0 Å². The second-order valence-electron chi connectivity index (χ2n) is 3.59. The van der Waals surface area contributed by atoms with Crippen molar-refractivity contribution in [1.82, 2.24) is 0 Å². The molecule has 2 rings (SSSR count). The van der Waals surface area contributed by atoms with Crippen molar-refractivity contribution < 1.29 is 4.79 Å². The lowest BCUT2D eigenvalue weighted by Crippen LogP contribution is -2.04. The minimum Gasteiger partial charge on any atom is -0.398 e. The first kappa shape index (κ1) is 12.4. The summed E-state index contributed by atoms with van der Waals surface area (Å²) in [5, 5.41) is 0. The zero-order valence-electron chi connectivity index (χ0n) is 8.96. The van der Waals surface area contributed by atoms with Gasteiger partial charge < -0.3 is 5.73 Å². The fourth-order valence-electron chi connectivity index (χ4n) is 1.54. The SMILES string of the molecule is Cc1c(N)cccc1C(=O)c1cc(Cl)sc1Cl. The number of anilines is 1. The van der Waals surface area contributed by atoms with E-state index in [1.807, 2.05) is 6.92 Å². The van der Waals surface area contributed by atoms with Gasteiger partial charge >= 0.3 is 0 Å². The molecule has 5 heteroatoms. The highest BCUT2D eigenvalue weighted by atomic mass is 35.5. The second kappa shape index (κ2) is 4.69. The highest BCUT2D eigenvalue weighted by Gasteiger charge is 2.18. The van der Waals surface area contributed by atoms with Gasteiger partial charge in [0.05, 0.1) is 9.90 Å². The molecule has 0 spiro atoms. The van der Waals surface area contributed by atoms with Crippen molar-refractivity contribution in [1.29, 1.82) is 0 Å². The number of carbonyl (C=O) groups excluding carboxylic acids is 1. The number of benzene rings is 1. The smallest absolute Gasteiger partial charge is 0.195 e. The predicted molar refractivity (Wildman–Crippen MR) is 73.4 cm³/mol. The van der Waals surface area contributed by atoms with Gasteiger partial charge in [-0.05, 0) is 24.6 Å². The van der Waals surface area contributed by atoms with Crippen molar-refractivity contribution in [3.05, 3.63) is 49.6 Å². The Morgan fingerprint density at radius 1 is 1.29 bits per heavy atom. The molecule has 1 aromatic heterocycles. The van der Waals surface area contributed by atoms with Crippen LogP contribution >= 0.6 is 34.5 Å². The maximum absolute atomic E-state index is 12.3. The van der Waals surface area contributed by atoms with E-state index in [0.29, 0.717) is 25.5 Å². The van der Waals surface area contributed by atoms with Crippen LogP contribution in [0.3, 0.4) is 0 Å². The normalized spacial score (nSPS) is 10.5. The van der Waals surface area contributed by atoms with Crippen molar-refractivity contribution >= 4 is 46.0 Å². The molecule has 0 amide bonds. The van der Waals surface area contributed by atoms with Gasteiger partial charge in [0.1, 0.15) is 4.34 Å². The van der Waals surface area contributed by atoms with Crippen molar-refractivity contribution in [2.45, 2.75) is 6.92 Å². The third-order valence-electron chi connectivity index (χ3n) is 2.52. The van der Waals surface area contributed by atoms with Crippen LogP contribution in [-0.2, 0) is 0 Å². The van der Waals surface area contributed by atoms with E-state index < -0.39 is 0 Å². The Bertz CT molecular complexity index is 592. The molecule has 0 aliphatic carbocycles. The minimum absolute atomic E-state index is 0.150. The van der Waals surface area contributed by atoms with E-state index in [1.54, 1.807) is 24.3 Å². The fraction of sp³-hybridized carbons (Fsp3) is 0.0833. The zero-order valence-corrected chi connectivity index (χ0v) is 11.3. The summed E-state index contributed by atoms with van der Waals surface area (Å²) >= 11 is 13.0. The maximum atomic E-state index is 12.3. The van der Waals surface area contributed by atoms with Crippen LogP contribution in [0.5, 0.6) is 0 Å². The second-order valence-corrected chi connectivity index (χ2v) is 5.87. The van der Waals surface area contributed by atoms with Crippen molar-refractivity contribution in [2.75, 3.05) is 5.73 Å². The number of thiophene rings is 1. The molecule has 0 aliphatic heterocycles. The van der Waals surface area contributed by atoms with Crippen LogP contribution in [0.2, 0.25) is 8.67 Å². The number of carbonyl (C=O) groups is 1. The molecule has 0 bridgehead atoms. The summed E-state index contributed by atoms with van der Waals surface area (Å²) < 4.78 is 0.904. The number of hydrogen-bond acceptors (Lipinski definition) is 3. The van der Waals surface area contributed by atoms with Crippen LogP contribution in [-0.4, -0.2) is 5.78 Å². The van der Waals surface area contributed by atoms with E-state index in [0.717, 1.165) is 5.56 Å². The first-order chi connectivity index (χ1) is 8.00. The van der Waals surface area contributed by atoms with Crippen LogP contribution in [0.1, 0.15) is 21.5 Å². The number of nitrogens with two attached hydrogens (primary N) is 1. The lowest BCUT2D eigenvalue weighted by Gasteiger charge is -2.06. The van der Waals surface area contributed by atoms with Crippen molar-refractivity contribution in [2.24, 2.45) is 0 Å². The topological polar surface area (TPSA) is 43.1 Å². The number of hydrogen-bond donors (Lipinski definition) is 1. The van der Waals surface area contributed by atoms with Gasteiger partial charge in [-0.3, -0.25) is 4.79 Å². The summed E-state index contributed by atoms with van der Waals surface area (Å²) in [6, 6.07) is 6.82. The average molecular weight is 286 g/mol. The Kier molecular flexibility index (Phi) is 3.43. The van der Waals surface area contributed by atoms with Gasteiger partial charge in [0.2, 0.25) is 0 Å². The van der Waals surface area contributed by atoms with Crippen LogP contribution in [0.15, 0.2) is 24.3 Å². The number of nitrogen functional groups attached to an aromatic ring is 1. The largest absolute Gasteiger partial charge is 0.398 e. The average Bonchev–Trinajstić information content (AvgIpc) is 2.61. The minimum atomic E-state index is -0.150. The molecule has 0 radical (unpaired) electrons. The number of halogens is 2. The van der Waals surface area contributed by atoms with E-state index in [4.69, 9.17) is 28.9 Å². The quantitative estimate of drug-likeness (QED) is 0.665. The van der Waals surface area contributed by atoms with Crippen molar-refractivity contribution in [3.63, 3.8) is 0 Å². The van der Waals surface area contributed by atoms with E-state index in [9.17, 15) is 4.79 Å². The Morgan fingerprint density at radius 3 is 2.59 bits per heavy atom. The molecule has 88 valence electrons. The predicted octanol–water partition coefficient (Wildman–Crippen LogP) is 4.18. The van der Waals surface area contributed by atoms with Crippen LogP contribution < -0.4 is 5.73 Å². The van der Waals surface area contributed by atoms with Gasteiger partial charge in [0.25, 0.3) is 0 Å². The molecule has 0 saturated carbocycles. The van der Waals surface area contributed by atoms with Gasteiger partial charge in [0.15, 0.2) is 5.78 Å². The summed E-state index contributed by atoms with van der Waals surface area (Å²) in [6.45, 7) is 1.81. The van der Waals surface area contributed by atoms with Crippen LogP contribution in [0, 0.1) is 6.92 Å². The lowest BCUT2D eigenvalue weighted by atomic mass is 10.00. The molecular formula is C12H9Cl2NOS. The molecule has 2 N–H and O–H groups in total. The molecule has 1 aromatic carbocycles. The van der Waals surface area contributed by atoms with E-state index in [-0.39, 0.29) is 5.78 Å². The first-order valence-electron chi connectivity index (χ1n) is 4.85. The zero-order chi connectivity index (χ0) is 12.6. The van der Waals surface area contributed by atoms with Crippen LogP contribution in [0.4, 0.5) is 5.69 Å². The molecule has 17 heavy (non-hydrogen) atoms. The number of ketones is 1. The summed E-state index contributed by atoms with van der Waals surface area (Å²) in [7, 11) is 0. The van der Waals surface area contributed by atoms with E-state index in [2.05, 4.69) is 0 Å². The van der Waals surface area contributed by atoms with Gasteiger partial charge in [-0.1, -0.05) is 35.3 Å². The fourth-order valence-corrected chi connectivity index (χ4v) is 3.00. The van der Waals surface area contributed by atoms with Gasteiger partial charge in [-0.2, -0.15) is 0 Å². The summed E-state index contributed by atoms with van der Waals surface area (Å²) in [5.74, 6) is -0.150. The highest BCUT2D eigenvalue weighted by Crippen LogP contribution is 2.33. The highest BCUT2D eigenvalue weighted by molar-refractivity contribution is 7.20. The third kappa shape index (κ3) is 2.32. The Balaban J connectivity index is 2.51. The van der Waals surface area contributed by atoms with Crippen LogP contribution in [0.25, 0.3) is 0 Å². The Morgan fingerprint density at radius 2 is 2.00 bits per heavy atom. The van der Waals surface area contributed by atoms with Crippen molar-refractivity contribution in [3.8, 4) is 0 Å². The molecule has 0 aliphatic rings. The summed E-state index contributed by atoms with van der Waals surface area (Å²) in [6.07, 6.45) is 0. The molecule has 1 heterocycles. The number of rotatable bonds is 2. The van der Waals surface area contributed by atoms with Gasteiger partial charge in [0, 0.05) is 11.3 Å². The molecule has 2 aromatic rings. The standard InChI is InChI=1S/C12H9Cl2NOS/c1-6-7(3-2-4-9(6)15)11(16)8-5-10(13)17-12(8)14/h2-5H,15H2,1H3. The molecule has 0 unspecified atom stereocenters. The van der Waals surface area contributed by atoms with Gasteiger partial charge in [-0.15, -0.1) is 11.3 Å². The maximum Gasteiger partial charge on any atom is 0.195 e. The lowest BCUT2D eigenvalue weighted by molar-refractivity contribution is 0.103. The third-order valence-corrected chi connectivity index (χ3v) is 4.01. The molecular weight excluding hydrogens is 277 g/mol. The summed E-state index contributed by atoms with van der Waals surface area (Å²) in [5.41, 5.74) is 8.11. The Hall–Kier alpha value is -1.03. The molecule has 0 saturated heterocycles. The van der Waals surface area contributed by atoms with Gasteiger partial charge in [-0.25, -0.2) is 0 Å². The first-order valence-corrected chi connectivity index (χ1v) is 6.42. The van der Waals surface area contributed by atoms with E-state index in [1.165, 1.54) is 11.3 Å². The molecule has 0 fully saturated rings. The molecule has 0 atom stereocenters. The molecule has 2 nitrogen and oxygen atoms in total.